The van der Waals surface area contributed by atoms with Gasteiger partial charge in [-0.3, -0.25) is 0 Å². The fraction of sp³-hybridized carbons (Fsp3) is 0.250. The first-order chi connectivity index (χ1) is 9.45. The van der Waals surface area contributed by atoms with Crippen molar-refractivity contribution in [3.63, 3.8) is 0 Å². The molecule has 0 aromatic heterocycles. The summed E-state index contributed by atoms with van der Waals surface area (Å²) in [6.07, 6.45) is 0.639. The topological polar surface area (TPSA) is 35.2 Å². The van der Waals surface area contributed by atoms with Crippen molar-refractivity contribution in [2.75, 3.05) is 0 Å². The molecule has 0 bridgehead atoms. The van der Waals surface area contributed by atoms with Gasteiger partial charge in [-0.25, -0.2) is 4.39 Å². The molecule has 2 N–H and O–H groups in total. The van der Waals surface area contributed by atoms with Crippen LogP contribution in [0.25, 0.3) is 0 Å². The zero-order valence-corrected chi connectivity index (χ0v) is 12.2. The number of ether oxygens (including phenoxy) is 1. The highest BCUT2D eigenvalue weighted by molar-refractivity contribution is 6.30. The summed E-state index contributed by atoms with van der Waals surface area (Å²) in [7, 11) is 0. The van der Waals surface area contributed by atoms with Gasteiger partial charge in [0.05, 0.1) is 0 Å². The number of nitrogens with two attached hydrogens (primary N) is 1. The lowest BCUT2D eigenvalue weighted by molar-refractivity contribution is 0.436. The molecule has 0 spiro atoms. The van der Waals surface area contributed by atoms with E-state index in [0.717, 1.165) is 11.1 Å². The Morgan fingerprint density at radius 3 is 2.65 bits per heavy atom. The predicted octanol–water partition coefficient (Wildman–Crippen LogP) is 4.47. The summed E-state index contributed by atoms with van der Waals surface area (Å²) in [5, 5.41) is 0.543. The van der Waals surface area contributed by atoms with E-state index in [4.69, 9.17) is 22.1 Å². The van der Waals surface area contributed by atoms with Crippen molar-refractivity contribution in [3.05, 3.63) is 58.4 Å². The van der Waals surface area contributed by atoms with Gasteiger partial charge >= 0.3 is 0 Å². The molecule has 106 valence electrons. The molecule has 2 nitrogen and oxygen atoms in total. The Hall–Kier alpha value is -1.58. The molecule has 0 aliphatic carbocycles. The van der Waals surface area contributed by atoms with Gasteiger partial charge in [-0.1, -0.05) is 23.7 Å². The van der Waals surface area contributed by atoms with Crippen molar-refractivity contribution in [3.8, 4) is 11.5 Å². The van der Waals surface area contributed by atoms with Crippen LogP contribution in [0.4, 0.5) is 4.39 Å². The van der Waals surface area contributed by atoms with E-state index in [9.17, 15) is 4.39 Å². The summed E-state index contributed by atoms with van der Waals surface area (Å²) in [6, 6.07) is 10.0. The molecule has 0 radical (unpaired) electrons. The highest BCUT2D eigenvalue weighted by Crippen LogP contribution is 2.31. The Bertz CT molecular complexity index is 613. The van der Waals surface area contributed by atoms with Gasteiger partial charge in [-0.2, -0.15) is 0 Å². The summed E-state index contributed by atoms with van der Waals surface area (Å²) < 4.78 is 19.5. The van der Waals surface area contributed by atoms with E-state index in [0.29, 0.717) is 17.2 Å². The van der Waals surface area contributed by atoms with Gasteiger partial charge in [0.2, 0.25) is 0 Å². The first-order valence-electron chi connectivity index (χ1n) is 6.43. The van der Waals surface area contributed by atoms with E-state index in [1.807, 2.05) is 19.9 Å². The third kappa shape index (κ3) is 3.71. The molecular formula is C16H17ClFNO. The van der Waals surface area contributed by atoms with E-state index >= 15 is 0 Å². The van der Waals surface area contributed by atoms with Gasteiger partial charge in [0.1, 0.15) is 5.75 Å². The van der Waals surface area contributed by atoms with Crippen molar-refractivity contribution < 1.29 is 9.13 Å². The summed E-state index contributed by atoms with van der Waals surface area (Å²) in [6.45, 7) is 3.79. The Balaban J connectivity index is 2.36. The molecule has 0 saturated carbocycles. The number of hydrogen-bond donors (Lipinski definition) is 1. The molecule has 1 unspecified atom stereocenters. The maximum absolute atomic E-state index is 13.8. The van der Waals surface area contributed by atoms with Crippen LogP contribution in [0.3, 0.4) is 0 Å². The van der Waals surface area contributed by atoms with Crippen molar-refractivity contribution in [1.82, 2.24) is 0 Å². The van der Waals surface area contributed by atoms with Crippen LogP contribution in [0.1, 0.15) is 18.1 Å². The molecule has 0 heterocycles. The molecular weight excluding hydrogens is 277 g/mol. The van der Waals surface area contributed by atoms with Gasteiger partial charge in [0.25, 0.3) is 0 Å². The van der Waals surface area contributed by atoms with E-state index < -0.39 is 5.82 Å². The first-order valence-corrected chi connectivity index (χ1v) is 6.81. The third-order valence-electron chi connectivity index (χ3n) is 2.88. The second kappa shape index (κ2) is 6.25. The lowest BCUT2D eigenvalue weighted by atomic mass is 10.1. The minimum absolute atomic E-state index is 0.0131. The predicted molar refractivity (Wildman–Crippen MR) is 80.0 cm³/mol. The maximum atomic E-state index is 13.8. The lowest BCUT2D eigenvalue weighted by Crippen LogP contribution is -2.18. The number of benzene rings is 2. The zero-order chi connectivity index (χ0) is 14.7. The first kappa shape index (κ1) is 14.8. The highest BCUT2D eigenvalue weighted by atomic mass is 35.5. The number of rotatable bonds is 4. The number of hydrogen-bond acceptors (Lipinski definition) is 2. The second-order valence-electron chi connectivity index (χ2n) is 4.97. The standard InChI is InChI=1S/C16H17ClFNO/c1-10-3-6-14(18)16(7-10)20-15-9-13(17)5-4-12(15)8-11(2)19/h3-7,9,11H,8,19H2,1-2H3. The van der Waals surface area contributed by atoms with Crippen LogP contribution >= 0.6 is 11.6 Å². The van der Waals surface area contributed by atoms with E-state index in [1.54, 1.807) is 24.3 Å². The van der Waals surface area contributed by atoms with Gasteiger partial charge in [-0.15, -0.1) is 0 Å². The van der Waals surface area contributed by atoms with Crippen LogP contribution in [0.15, 0.2) is 36.4 Å². The summed E-state index contributed by atoms with van der Waals surface area (Å²) >= 11 is 5.99. The molecule has 0 aliphatic rings. The largest absolute Gasteiger partial charge is 0.454 e. The van der Waals surface area contributed by atoms with Crippen LogP contribution < -0.4 is 10.5 Å². The van der Waals surface area contributed by atoms with E-state index in [-0.39, 0.29) is 11.8 Å². The van der Waals surface area contributed by atoms with Crippen molar-refractivity contribution in [1.29, 1.82) is 0 Å². The molecule has 0 saturated heterocycles. The molecule has 0 amide bonds. The van der Waals surface area contributed by atoms with Crippen LogP contribution in [-0.4, -0.2) is 6.04 Å². The Labute approximate surface area is 123 Å². The van der Waals surface area contributed by atoms with Crippen LogP contribution in [0.2, 0.25) is 5.02 Å². The summed E-state index contributed by atoms with van der Waals surface area (Å²) in [5.74, 6) is 0.333. The fourth-order valence-corrected chi connectivity index (χ4v) is 2.11. The molecule has 20 heavy (non-hydrogen) atoms. The molecule has 2 rings (SSSR count). The number of halogens is 2. The molecule has 2 aromatic rings. The Morgan fingerprint density at radius 1 is 1.20 bits per heavy atom. The Kier molecular flexibility index (Phi) is 4.63. The van der Waals surface area contributed by atoms with Gasteiger partial charge in [0.15, 0.2) is 11.6 Å². The zero-order valence-electron chi connectivity index (χ0n) is 11.5. The van der Waals surface area contributed by atoms with Crippen molar-refractivity contribution >= 4 is 11.6 Å². The normalized spacial score (nSPS) is 12.2. The minimum Gasteiger partial charge on any atom is -0.454 e. The Morgan fingerprint density at radius 2 is 1.95 bits per heavy atom. The number of aryl methyl sites for hydroxylation is 1. The SMILES string of the molecule is Cc1ccc(F)c(Oc2cc(Cl)ccc2CC(C)N)c1. The van der Waals surface area contributed by atoms with Crippen molar-refractivity contribution in [2.24, 2.45) is 5.73 Å². The molecule has 0 fully saturated rings. The average Bonchev–Trinajstić information content (AvgIpc) is 2.37. The van der Waals surface area contributed by atoms with Gasteiger partial charge < -0.3 is 10.5 Å². The lowest BCUT2D eigenvalue weighted by Gasteiger charge is -2.14. The second-order valence-corrected chi connectivity index (χ2v) is 5.41. The third-order valence-corrected chi connectivity index (χ3v) is 3.11. The molecule has 2 aromatic carbocycles. The average molecular weight is 294 g/mol. The van der Waals surface area contributed by atoms with E-state index in [1.165, 1.54) is 6.07 Å². The summed E-state index contributed by atoms with van der Waals surface area (Å²) in [5.41, 5.74) is 7.65. The molecule has 4 heteroatoms. The van der Waals surface area contributed by atoms with Crippen LogP contribution in [-0.2, 0) is 6.42 Å². The molecule has 1 atom stereocenters. The smallest absolute Gasteiger partial charge is 0.165 e. The molecule has 0 aliphatic heterocycles. The van der Waals surface area contributed by atoms with Crippen LogP contribution in [0.5, 0.6) is 11.5 Å². The van der Waals surface area contributed by atoms with Crippen LogP contribution in [0, 0.1) is 12.7 Å². The quantitative estimate of drug-likeness (QED) is 0.902. The maximum Gasteiger partial charge on any atom is 0.165 e. The summed E-state index contributed by atoms with van der Waals surface area (Å²) in [4.78, 5) is 0. The van der Waals surface area contributed by atoms with Gasteiger partial charge in [0, 0.05) is 11.1 Å². The highest BCUT2D eigenvalue weighted by Gasteiger charge is 2.11. The van der Waals surface area contributed by atoms with Crippen molar-refractivity contribution in [2.45, 2.75) is 26.3 Å². The minimum atomic E-state index is -0.401. The fourth-order valence-electron chi connectivity index (χ4n) is 1.95. The monoisotopic (exact) mass is 293 g/mol. The van der Waals surface area contributed by atoms with Gasteiger partial charge in [-0.05, 0) is 55.7 Å². The van der Waals surface area contributed by atoms with E-state index in [2.05, 4.69) is 0 Å².